The topological polar surface area (TPSA) is 58.8 Å². The molecule has 0 bridgehead atoms. The summed E-state index contributed by atoms with van der Waals surface area (Å²) in [6.45, 7) is 9.36. The SMILES string of the molecule is Cc1ccccc1CN1CCC(CN(CC2CCCO2)C(=O)c2ocnc2C)CC1. The van der Waals surface area contributed by atoms with Crippen molar-refractivity contribution in [3.63, 3.8) is 0 Å². The number of aromatic nitrogens is 1. The van der Waals surface area contributed by atoms with Crippen molar-refractivity contribution in [1.82, 2.24) is 14.8 Å². The van der Waals surface area contributed by atoms with Crippen LogP contribution in [0.5, 0.6) is 0 Å². The molecule has 1 amide bonds. The standard InChI is InChI=1S/C24H33N3O3/c1-18-6-3-4-7-21(18)15-26-11-9-20(10-12-26)14-27(16-22-8-5-13-29-22)24(28)23-19(2)25-17-30-23/h3-4,6-7,17,20,22H,5,8-16H2,1-2H3. The molecule has 0 spiro atoms. The Kier molecular flexibility index (Phi) is 6.85. The number of aryl methyl sites for hydroxylation is 2. The van der Waals surface area contributed by atoms with Gasteiger partial charge < -0.3 is 14.1 Å². The smallest absolute Gasteiger partial charge is 0.291 e. The zero-order valence-electron chi connectivity index (χ0n) is 18.2. The van der Waals surface area contributed by atoms with E-state index in [1.807, 2.05) is 11.8 Å². The number of hydrogen-bond donors (Lipinski definition) is 0. The number of carbonyl (C=O) groups excluding carboxylic acids is 1. The third-order valence-electron chi connectivity index (χ3n) is 6.52. The predicted molar refractivity (Wildman–Crippen MR) is 115 cm³/mol. The van der Waals surface area contributed by atoms with E-state index in [2.05, 4.69) is 41.1 Å². The largest absolute Gasteiger partial charge is 0.438 e. The fourth-order valence-corrected chi connectivity index (χ4v) is 4.59. The van der Waals surface area contributed by atoms with Gasteiger partial charge in [-0.15, -0.1) is 0 Å². The van der Waals surface area contributed by atoms with Gasteiger partial charge in [0, 0.05) is 26.2 Å². The van der Waals surface area contributed by atoms with Gasteiger partial charge in [-0.05, 0) is 69.7 Å². The Bertz CT molecular complexity index is 836. The lowest BCUT2D eigenvalue weighted by atomic mass is 9.95. The van der Waals surface area contributed by atoms with Crippen LogP contribution in [0.4, 0.5) is 0 Å². The average Bonchev–Trinajstić information content (AvgIpc) is 3.42. The van der Waals surface area contributed by atoms with Crippen LogP contribution in [0.1, 0.15) is 53.1 Å². The van der Waals surface area contributed by atoms with E-state index in [1.54, 1.807) is 0 Å². The number of oxazole rings is 1. The van der Waals surface area contributed by atoms with Crippen LogP contribution in [-0.2, 0) is 11.3 Å². The maximum Gasteiger partial charge on any atom is 0.291 e. The highest BCUT2D eigenvalue weighted by molar-refractivity contribution is 5.92. The number of carbonyl (C=O) groups is 1. The number of piperidine rings is 1. The second-order valence-electron chi connectivity index (χ2n) is 8.76. The van der Waals surface area contributed by atoms with Gasteiger partial charge in [-0.25, -0.2) is 4.98 Å². The van der Waals surface area contributed by atoms with Crippen molar-refractivity contribution in [3.8, 4) is 0 Å². The van der Waals surface area contributed by atoms with Gasteiger partial charge in [0.1, 0.15) is 0 Å². The van der Waals surface area contributed by atoms with Gasteiger partial charge in [-0.2, -0.15) is 0 Å². The number of likely N-dealkylation sites (tertiary alicyclic amines) is 1. The average molecular weight is 412 g/mol. The van der Waals surface area contributed by atoms with Crippen LogP contribution in [0.25, 0.3) is 0 Å². The molecule has 1 atom stereocenters. The van der Waals surface area contributed by atoms with E-state index in [-0.39, 0.29) is 12.0 Å². The second kappa shape index (κ2) is 9.75. The summed E-state index contributed by atoms with van der Waals surface area (Å²) in [5, 5.41) is 0. The molecule has 6 nitrogen and oxygen atoms in total. The summed E-state index contributed by atoms with van der Waals surface area (Å²) in [4.78, 5) is 21.7. The summed E-state index contributed by atoms with van der Waals surface area (Å²) < 4.78 is 11.2. The summed E-state index contributed by atoms with van der Waals surface area (Å²) in [6, 6.07) is 8.63. The molecule has 0 saturated carbocycles. The summed E-state index contributed by atoms with van der Waals surface area (Å²) in [6.07, 6.45) is 5.81. The molecule has 2 saturated heterocycles. The van der Waals surface area contributed by atoms with E-state index < -0.39 is 0 Å². The minimum Gasteiger partial charge on any atom is -0.438 e. The Hall–Kier alpha value is -2.18. The third-order valence-corrected chi connectivity index (χ3v) is 6.52. The number of amides is 1. The van der Waals surface area contributed by atoms with E-state index in [9.17, 15) is 4.79 Å². The van der Waals surface area contributed by atoms with Crippen molar-refractivity contribution in [3.05, 3.63) is 53.2 Å². The summed E-state index contributed by atoms with van der Waals surface area (Å²) >= 11 is 0. The molecular formula is C24H33N3O3. The Balaban J connectivity index is 1.35. The van der Waals surface area contributed by atoms with Crippen LogP contribution in [0.15, 0.2) is 35.1 Å². The first-order valence-corrected chi connectivity index (χ1v) is 11.2. The van der Waals surface area contributed by atoms with Gasteiger partial charge in [-0.1, -0.05) is 24.3 Å². The van der Waals surface area contributed by atoms with E-state index >= 15 is 0 Å². The highest BCUT2D eigenvalue weighted by Crippen LogP contribution is 2.24. The number of nitrogens with zero attached hydrogens (tertiary/aromatic N) is 3. The van der Waals surface area contributed by atoms with Crippen molar-refractivity contribution in [2.45, 2.75) is 52.2 Å². The lowest BCUT2D eigenvalue weighted by molar-refractivity contribution is 0.0422. The minimum atomic E-state index is -0.0529. The molecule has 162 valence electrons. The highest BCUT2D eigenvalue weighted by Gasteiger charge is 2.30. The van der Waals surface area contributed by atoms with Gasteiger partial charge in [0.2, 0.25) is 5.76 Å². The fraction of sp³-hybridized carbons (Fsp3) is 0.583. The van der Waals surface area contributed by atoms with Gasteiger partial charge >= 0.3 is 0 Å². The lowest BCUT2D eigenvalue weighted by Crippen LogP contribution is -2.43. The van der Waals surface area contributed by atoms with Crippen molar-refractivity contribution in [2.75, 3.05) is 32.8 Å². The normalized spacial score (nSPS) is 20.5. The second-order valence-corrected chi connectivity index (χ2v) is 8.76. The van der Waals surface area contributed by atoms with E-state index in [0.717, 1.165) is 58.5 Å². The van der Waals surface area contributed by atoms with Gasteiger partial charge in [-0.3, -0.25) is 9.69 Å². The van der Waals surface area contributed by atoms with Crippen molar-refractivity contribution >= 4 is 5.91 Å². The van der Waals surface area contributed by atoms with E-state index in [4.69, 9.17) is 9.15 Å². The first-order valence-electron chi connectivity index (χ1n) is 11.2. The highest BCUT2D eigenvalue weighted by atomic mass is 16.5. The molecule has 1 aromatic heterocycles. The molecular weight excluding hydrogens is 378 g/mol. The summed E-state index contributed by atoms with van der Waals surface area (Å²) in [5.41, 5.74) is 3.42. The first-order chi connectivity index (χ1) is 14.6. The maximum absolute atomic E-state index is 13.2. The lowest BCUT2D eigenvalue weighted by Gasteiger charge is -2.35. The number of rotatable bonds is 7. The molecule has 0 radical (unpaired) electrons. The molecule has 4 rings (SSSR count). The zero-order valence-corrected chi connectivity index (χ0v) is 18.2. The molecule has 30 heavy (non-hydrogen) atoms. The fourth-order valence-electron chi connectivity index (χ4n) is 4.59. The minimum absolute atomic E-state index is 0.0529. The zero-order chi connectivity index (χ0) is 20.9. The van der Waals surface area contributed by atoms with Crippen LogP contribution in [-0.4, -0.2) is 59.6 Å². The monoisotopic (exact) mass is 411 g/mol. The molecule has 1 unspecified atom stereocenters. The van der Waals surface area contributed by atoms with Crippen LogP contribution < -0.4 is 0 Å². The van der Waals surface area contributed by atoms with Gasteiger partial charge in [0.05, 0.1) is 11.8 Å². The van der Waals surface area contributed by atoms with Gasteiger partial charge in [0.25, 0.3) is 5.91 Å². The molecule has 1 aromatic carbocycles. The van der Waals surface area contributed by atoms with Crippen LogP contribution in [0.2, 0.25) is 0 Å². The Labute approximate surface area is 179 Å². The van der Waals surface area contributed by atoms with Crippen LogP contribution >= 0.6 is 0 Å². The number of benzene rings is 1. The number of ether oxygens (including phenoxy) is 1. The quantitative estimate of drug-likeness (QED) is 0.693. The van der Waals surface area contributed by atoms with Gasteiger partial charge in [0.15, 0.2) is 6.39 Å². The Morgan fingerprint density at radius 2 is 1.97 bits per heavy atom. The molecule has 2 aliphatic rings. The van der Waals surface area contributed by atoms with E-state index in [1.165, 1.54) is 17.5 Å². The van der Waals surface area contributed by atoms with Crippen LogP contribution in [0.3, 0.4) is 0 Å². The molecule has 0 aliphatic carbocycles. The first kappa shape index (κ1) is 21.1. The molecule has 6 heteroatoms. The third kappa shape index (κ3) is 5.10. The predicted octanol–water partition coefficient (Wildman–Crippen LogP) is 3.82. The van der Waals surface area contributed by atoms with Crippen molar-refractivity contribution in [2.24, 2.45) is 5.92 Å². The number of hydrogen-bond acceptors (Lipinski definition) is 5. The van der Waals surface area contributed by atoms with E-state index in [0.29, 0.717) is 23.9 Å². The maximum atomic E-state index is 13.2. The molecule has 3 heterocycles. The molecule has 2 fully saturated rings. The van der Waals surface area contributed by atoms with Crippen molar-refractivity contribution in [1.29, 1.82) is 0 Å². The van der Waals surface area contributed by atoms with Crippen molar-refractivity contribution < 1.29 is 13.9 Å². The molecule has 2 aliphatic heterocycles. The Morgan fingerprint density at radius 3 is 2.63 bits per heavy atom. The molecule has 2 aromatic rings. The van der Waals surface area contributed by atoms with Crippen LogP contribution in [0, 0.1) is 19.8 Å². The summed E-state index contributed by atoms with van der Waals surface area (Å²) in [7, 11) is 0. The Morgan fingerprint density at radius 1 is 1.17 bits per heavy atom. The summed E-state index contributed by atoms with van der Waals surface area (Å²) in [5.74, 6) is 0.819. The molecule has 0 N–H and O–H groups in total.